The minimum absolute atomic E-state index is 0.187. The molecule has 4 nitrogen and oxygen atoms in total. The number of methoxy groups -OCH3 is 2. The summed E-state index contributed by atoms with van der Waals surface area (Å²) in [6.45, 7) is 0. The van der Waals surface area contributed by atoms with Gasteiger partial charge in [-0.2, -0.15) is 0 Å². The molecule has 0 amide bonds. The smallest absolute Gasteiger partial charge is 0.310 e. The van der Waals surface area contributed by atoms with Gasteiger partial charge in [0.2, 0.25) is 0 Å². The molecule has 0 unspecified atom stereocenters. The largest absolute Gasteiger partial charge is 0.469 e. The topological polar surface area (TPSA) is 52.6 Å². The van der Waals surface area contributed by atoms with Gasteiger partial charge in [-0.3, -0.25) is 9.59 Å². The molecule has 4 atom stereocenters. The van der Waals surface area contributed by atoms with Crippen molar-refractivity contribution in [3.63, 3.8) is 0 Å². The van der Waals surface area contributed by atoms with Crippen LogP contribution in [-0.4, -0.2) is 26.2 Å². The van der Waals surface area contributed by atoms with E-state index in [9.17, 15) is 9.59 Å². The van der Waals surface area contributed by atoms with Crippen LogP contribution in [-0.2, 0) is 19.1 Å². The molecule has 0 aliphatic heterocycles. The van der Waals surface area contributed by atoms with Crippen LogP contribution >= 0.6 is 0 Å². The fourth-order valence-electron chi connectivity index (χ4n) is 2.30. The van der Waals surface area contributed by atoms with Crippen LogP contribution in [0.2, 0.25) is 0 Å². The Morgan fingerprint density at radius 2 is 1.29 bits per heavy atom. The average molecular weight is 196 g/mol. The molecule has 14 heavy (non-hydrogen) atoms. The van der Waals surface area contributed by atoms with Crippen molar-refractivity contribution in [1.29, 1.82) is 0 Å². The zero-order chi connectivity index (χ0) is 10.3. The quantitative estimate of drug-likeness (QED) is 0.473. The molecule has 76 valence electrons. The van der Waals surface area contributed by atoms with Gasteiger partial charge in [0.1, 0.15) is 0 Å². The second-order valence-corrected chi connectivity index (χ2v) is 3.64. The highest BCUT2D eigenvalue weighted by molar-refractivity contribution is 5.86. The van der Waals surface area contributed by atoms with E-state index in [2.05, 4.69) is 9.47 Å². The fourth-order valence-corrected chi connectivity index (χ4v) is 2.30. The molecule has 0 aromatic rings. The number of carbonyl (C=O) groups is 2. The van der Waals surface area contributed by atoms with Crippen molar-refractivity contribution >= 4 is 11.9 Å². The van der Waals surface area contributed by atoms with Gasteiger partial charge in [0.15, 0.2) is 0 Å². The molecule has 0 heterocycles. The standard InChI is InChI=1S/C10H12O4/c1-13-9(11)7-5-3-4-6(5)8(7)10(12)14-2/h3-8H,1-2H3/t5-,6+,7-,8-/m1/s1. The van der Waals surface area contributed by atoms with Crippen molar-refractivity contribution in [1.82, 2.24) is 0 Å². The number of carbonyl (C=O) groups excluding carboxylic acids is 2. The van der Waals surface area contributed by atoms with Gasteiger partial charge in [-0.25, -0.2) is 0 Å². The Morgan fingerprint density at radius 1 is 0.929 bits per heavy atom. The predicted octanol–water partition coefficient (Wildman–Crippen LogP) is 0.381. The third-order valence-electron chi connectivity index (χ3n) is 3.16. The summed E-state index contributed by atoms with van der Waals surface area (Å²) in [5.41, 5.74) is 0. The molecule has 0 spiro atoms. The Kier molecular flexibility index (Phi) is 2.06. The van der Waals surface area contributed by atoms with Gasteiger partial charge < -0.3 is 9.47 Å². The van der Waals surface area contributed by atoms with E-state index in [0.717, 1.165) is 0 Å². The Bertz CT molecular complexity index is 277. The lowest BCUT2D eigenvalue weighted by molar-refractivity contribution is -0.174. The van der Waals surface area contributed by atoms with Crippen LogP contribution < -0.4 is 0 Å². The lowest BCUT2D eigenvalue weighted by Crippen LogP contribution is -2.56. The van der Waals surface area contributed by atoms with E-state index in [0.29, 0.717) is 0 Å². The van der Waals surface area contributed by atoms with E-state index >= 15 is 0 Å². The summed E-state index contributed by atoms with van der Waals surface area (Å²) >= 11 is 0. The van der Waals surface area contributed by atoms with Gasteiger partial charge in [0.05, 0.1) is 26.1 Å². The molecule has 1 fully saturated rings. The number of ether oxygens (including phenoxy) is 2. The van der Waals surface area contributed by atoms with E-state index in [1.54, 1.807) is 0 Å². The highest BCUT2D eigenvalue weighted by Crippen LogP contribution is 2.54. The number of hydrogen-bond donors (Lipinski definition) is 0. The molecule has 1 saturated carbocycles. The number of rotatable bonds is 2. The predicted molar refractivity (Wildman–Crippen MR) is 47.1 cm³/mol. The van der Waals surface area contributed by atoms with Crippen LogP contribution in [0.5, 0.6) is 0 Å². The van der Waals surface area contributed by atoms with Crippen LogP contribution in [0, 0.1) is 23.7 Å². The summed E-state index contributed by atoms with van der Waals surface area (Å²) < 4.78 is 9.30. The first kappa shape index (κ1) is 9.24. The van der Waals surface area contributed by atoms with Crippen molar-refractivity contribution in [2.24, 2.45) is 23.7 Å². The summed E-state index contributed by atoms with van der Waals surface area (Å²) in [5.74, 6) is -0.917. The minimum atomic E-state index is -0.331. The first-order chi connectivity index (χ1) is 6.70. The van der Waals surface area contributed by atoms with Crippen molar-refractivity contribution in [2.75, 3.05) is 14.2 Å². The number of allylic oxidation sites excluding steroid dienone is 2. The van der Waals surface area contributed by atoms with E-state index in [1.807, 2.05) is 12.2 Å². The van der Waals surface area contributed by atoms with Crippen LogP contribution in [0.25, 0.3) is 0 Å². The maximum Gasteiger partial charge on any atom is 0.310 e. The maximum absolute atomic E-state index is 11.4. The zero-order valence-corrected chi connectivity index (χ0v) is 8.10. The molecule has 0 saturated heterocycles. The van der Waals surface area contributed by atoms with Gasteiger partial charge in [0.25, 0.3) is 0 Å². The van der Waals surface area contributed by atoms with E-state index in [4.69, 9.17) is 0 Å². The molecule has 0 radical (unpaired) electrons. The molecule has 2 aliphatic carbocycles. The lowest BCUT2D eigenvalue weighted by Gasteiger charge is -2.51. The normalized spacial score (nSPS) is 37.6. The van der Waals surface area contributed by atoms with E-state index in [1.165, 1.54) is 14.2 Å². The molecule has 2 aliphatic rings. The minimum Gasteiger partial charge on any atom is -0.469 e. The molecule has 0 aromatic carbocycles. The Labute approximate surface area is 81.9 Å². The van der Waals surface area contributed by atoms with Crippen molar-refractivity contribution in [3.8, 4) is 0 Å². The summed E-state index contributed by atoms with van der Waals surface area (Å²) in [6, 6.07) is 0. The molecule has 0 N–H and O–H groups in total. The van der Waals surface area contributed by atoms with Crippen molar-refractivity contribution < 1.29 is 19.1 Å². The molecule has 2 rings (SSSR count). The SMILES string of the molecule is COC(=O)[C@@H]1[C@@H]2C=C[C@@H]2[C@H]1C(=O)OC. The summed E-state index contributed by atoms with van der Waals surface area (Å²) in [6.07, 6.45) is 3.90. The van der Waals surface area contributed by atoms with Gasteiger partial charge in [-0.05, 0) is 11.8 Å². The van der Waals surface area contributed by atoms with Gasteiger partial charge in [0, 0.05) is 0 Å². The van der Waals surface area contributed by atoms with Crippen LogP contribution in [0.15, 0.2) is 12.2 Å². The van der Waals surface area contributed by atoms with Crippen LogP contribution in [0.3, 0.4) is 0 Å². The summed E-state index contributed by atoms with van der Waals surface area (Å²) in [5, 5.41) is 0. The van der Waals surface area contributed by atoms with E-state index in [-0.39, 0.29) is 35.6 Å². The first-order valence-corrected chi connectivity index (χ1v) is 4.54. The Balaban J connectivity index is 2.13. The van der Waals surface area contributed by atoms with Crippen molar-refractivity contribution in [2.45, 2.75) is 0 Å². The van der Waals surface area contributed by atoms with Gasteiger partial charge in [-0.15, -0.1) is 0 Å². The third kappa shape index (κ3) is 0.997. The van der Waals surface area contributed by atoms with Crippen LogP contribution in [0.4, 0.5) is 0 Å². The monoisotopic (exact) mass is 196 g/mol. The fraction of sp³-hybridized carbons (Fsp3) is 0.600. The lowest BCUT2D eigenvalue weighted by atomic mass is 9.51. The Hall–Kier alpha value is -1.32. The maximum atomic E-state index is 11.4. The molecule has 4 heteroatoms. The molecule has 0 aromatic heterocycles. The molecule has 0 bridgehead atoms. The zero-order valence-electron chi connectivity index (χ0n) is 8.10. The highest BCUT2D eigenvalue weighted by Gasteiger charge is 2.59. The second kappa shape index (κ2) is 3.12. The number of hydrogen-bond acceptors (Lipinski definition) is 4. The number of esters is 2. The average Bonchev–Trinajstić information content (AvgIpc) is 2.18. The highest BCUT2D eigenvalue weighted by atomic mass is 16.5. The molecular weight excluding hydrogens is 184 g/mol. The second-order valence-electron chi connectivity index (χ2n) is 3.64. The first-order valence-electron chi connectivity index (χ1n) is 4.54. The van der Waals surface area contributed by atoms with Crippen LogP contribution in [0.1, 0.15) is 0 Å². The van der Waals surface area contributed by atoms with E-state index < -0.39 is 0 Å². The summed E-state index contributed by atoms with van der Waals surface area (Å²) in [4.78, 5) is 22.7. The number of fused-ring (bicyclic) bond motifs is 1. The molecular formula is C10H12O4. The van der Waals surface area contributed by atoms with Crippen molar-refractivity contribution in [3.05, 3.63) is 12.2 Å². The Morgan fingerprint density at radius 3 is 1.50 bits per heavy atom. The third-order valence-corrected chi connectivity index (χ3v) is 3.16. The van der Waals surface area contributed by atoms with Gasteiger partial charge >= 0.3 is 11.9 Å². The van der Waals surface area contributed by atoms with Gasteiger partial charge in [-0.1, -0.05) is 12.2 Å². The summed E-state index contributed by atoms with van der Waals surface area (Å²) in [7, 11) is 2.68.